The van der Waals surface area contributed by atoms with Gasteiger partial charge in [0.2, 0.25) is 0 Å². The summed E-state index contributed by atoms with van der Waals surface area (Å²) in [6.45, 7) is 2.99. The molecule has 2 heteroatoms. The van der Waals surface area contributed by atoms with Gasteiger partial charge in [0.05, 0.1) is 12.7 Å². The van der Waals surface area contributed by atoms with Crippen LogP contribution < -0.4 is 5.32 Å². The van der Waals surface area contributed by atoms with Gasteiger partial charge in [-0.25, -0.2) is 0 Å². The standard InChI is InChI=1S/C8H13NO/c1-2-4-10-8-6-9-5-7(8)3-1/h1-2,7-9H,3-6H2/t7-,8-/m0/s1. The van der Waals surface area contributed by atoms with Crippen LogP contribution in [0.1, 0.15) is 6.42 Å². The molecule has 0 bridgehead atoms. The smallest absolute Gasteiger partial charge is 0.0746 e. The maximum absolute atomic E-state index is 5.58. The fourth-order valence-electron chi connectivity index (χ4n) is 1.66. The molecule has 1 N–H and O–H groups in total. The molecule has 0 saturated carbocycles. The molecule has 0 aromatic carbocycles. The number of fused-ring (bicyclic) bond motifs is 1. The highest BCUT2D eigenvalue weighted by molar-refractivity contribution is 4.94. The number of hydrogen-bond donors (Lipinski definition) is 1. The minimum Gasteiger partial charge on any atom is -0.372 e. The van der Waals surface area contributed by atoms with Crippen LogP contribution >= 0.6 is 0 Å². The van der Waals surface area contributed by atoms with Crippen LogP contribution in [-0.2, 0) is 4.74 Å². The van der Waals surface area contributed by atoms with Crippen LogP contribution in [0.2, 0.25) is 0 Å². The highest BCUT2D eigenvalue weighted by Crippen LogP contribution is 2.19. The Balaban J connectivity index is 2.02. The number of hydrogen-bond acceptors (Lipinski definition) is 2. The van der Waals surface area contributed by atoms with Crippen LogP contribution in [0.25, 0.3) is 0 Å². The molecule has 2 heterocycles. The van der Waals surface area contributed by atoms with Crippen LogP contribution in [0.15, 0.2) is 12.2 Å². The van der Waals surface area contributed by atoms with Gasteiger partial charge >= 0.3 is 0 Å². The van der Waals surface area contributed by atoms with E-state index in [4.69, 9.17) is 4.74 Å². The zero-order valence-corrected chi connectivity index (χ0v) is 6.05. The van der Waals surface area contributed by atoms with Crippen molar-refractivity contribution in [3.8, 4) is 0 Å². The highest BCUT2D eigenvalue weighted by atomic mass is 16.5. The van der Waals surface area contributed by atoms with Crippen molar-refractivity contribution in [3.63, 3.8) is 0 Å². The maximum atomic E-state index is 5.58. The summed E-state index contributed by atoms with van der Waals surface area (Å²) in [6.07, 6.45) is 6.03. The van der Waals surface area contributed by atoms with Gasteiger partial charge in [0.15, 0.2) is 0 Å². The van der Waals surface area contributed by atoms with Crippen LogP contribution in [0.5, 0.6) is 0 Å². The third kappa shape index (κ3) is 1.09. The summed E-state index contributed by atoms with van der Waals surface area (Å²) in [6, 6.07) is 0. The van der Waals surface area contributed by atoms with Crippen molar-refractivity contribution in [2.24, 2.45) is 5.92 Å². The molecular weight excluding hydrogens is 126 g/mol. The Bertz CT molecular complexity index is 144. The van der Waals surface area contributed by atoms with Crippen LogP contribution in [-0.4, -0.2) is 25.8 Å². The molecule has 0 amide bonds. The summed E-state index contributed by atoms with van der Waals surface area (Å²) in [4.78, 5) is 0. The lowest BCUT2D eigenvalue weighted by Gasteiger charge is -2.13. The lowest BCUT2D eigenvalue weighted by atomic mass is 10.0. The Labute approximate surface area is 61.3 Å². The maximum Gasteiger partial charge on any atom is 0.0746 e. The molecular formula is C8H13NO. The van der Waals surface area contributed by atoms with E-state index in [0.717, 1.165) is 25.6 Å². The number of rotatable bonds is 0. The van der Waals surface area contributed by atoms with E-state index in [1.807, 2.05) is 0 Å². The first-order valence-electron chi connectivity index (χ1n) is 3.94. The van der Waals surface area contributed by atoms with Gasteiger partial charge in [-0.1, -0.05) is 12.2 Å². The zero-order valence-electron chi connectivity index (χ0n) is 6.05. The number of ether oxygens (including phenoxy) is 1. The number of nitrogens with one attached hydrogen (secondary N) is 1. The minimum absolute atomic E-state index is 0.481. The quantitative estimate of drug-likeness (QED) is 0.495. The van der Waals surface area contributed by atoms with Crippen molar-refractivity contribution < 1.29 is 4.74 Å². The Morgan fingerprint density at radius 1 is 1.30 bits per heavy atom. The molecule has 0 unspecified atom stereocenters. The molecule has 0 spiro atoms. The molecule has 1 fully saturated rings. The molecule has 0 aromatic heterocycles. The second kappa shape index (κ2) is 2.72. The average Bonchev–Trinajstić information content (AvgIpc) is 2.28. The van der Waals surface area contributed by atoms with Gasteiger partial charge in [0.1, 0.15) is 0 Å². The summed E-state index contributed by atoms with van der Waals surface area (Å²) >= 11 is 0. The molecule has 2 aliphatic heterocycles. The molecule has 0 radical (unpaired) electrons. The summed E-state index contributed by atoms with van der Waals surface area (Å²) in [5.41, 5.74) is 0. The Morgan fingerprint density at radius 3 is 3.30 bits per heavy atom. The van der Waals surface area contributed by atoms with Gasteiger partial charge in [-0.2, -0.15) is 0 Å². The van der Waals surface area contributed by atoms with Gasteiger partial charge < -0.3 is 10.1 Å². The predicted molar refractivity (Wildman–Crippen MR) is 39.9 cm³/mol. The molecule has 2 atom stereocenters. The zero-order chi connectivity index (χ0) is 6.81. The molecule has 1 saturated heterocycles. The lowest BCUT2D eigenvalue weighted by Crippen LogP contribution is -2.20. The monoisotopic (exact) mass is 139 g/mol. The first kappa shape index (κ1) is 6.38. The van der Waals surface area contributed by atoms with E-state index in [1.54, 1.807) is 0 Å². The third-order valence-electron chi connectivity index (χ3n) is 2.29. The Kier molecular flexibility index (Phi) is 1.74. The Morgan fingerprint density at radius 2 is 2.30 bits per heavy atom. The van der Waals surface area contributed by atoms with Crippen molar-refractivity contribution in [2.75, 3.05) is 19.7 Å². The van der Waals surface area contributed by atoms with Crippen molar-refractivity contribution in [1.82, 2.24) is 5.32 Å². The van der Waals surface area contributed by atoms with Gasteiger partial charge in [0, 0.05) is 19.0 Å². The number of allylic oxidation sites excluding steroid dienone is 1. The lowest BCUT2D eigenvalue weighted by molar-refractivity contribution is 0.0630. The van der Waals surface area contributed by atoms with E-state index in [9.17, 15) is 0 Å². The van der Waals surface area contributed by atoms with Crippen LogP contribution in [0.3, 0.4) is 0 Å². The second-order valence-electron chi connectivity index (χ2n) is 3.00. The summed E-state index contributed by atoms with van der Waals surface area (Å²) < 4.78 is 5.58. The molecule has 0 aromatic rings. The van der Waals surface area contributed by atoms with Crippen molar-refractivity contribution in [1.29, 1.82) is 0 Å². The summed E-state index contributed by atoms with van der Waals surface area (Å²) in [7, 11) is 0. The topological polar surface area (TPSA) is 21.3 Å². The van der Waals surface area contributed by atoms with Gasteiger partial charge in [-0.3, -0.25) is 0 Å². The van der Waals surface area contributed by atoms with E-state index in [1.165, 1.54) is 6.42 Å². The molecule has 56 valence electrons. The van der Waals surface area contributed by atoms with Crippen LogP contribution in [0.4, 0.5) is 0 Å². The van der Waals surface area contributed by atoms with E-state index >= 15 is 0 Å². The Hall–Kier alpha value is -0.340. The van der Waals surface area contributed by atoms with Crippen molar-refractivity contribution >= 4 is 0 Å². The fourth-order valence-corrected chi connectivity index (χ4v) is 1.66. The summed E-state index contributed by atoms with van der Waals surface area (Å²) in [5, 5.41) is 3.33. The third-order valence-corrected chi connectivity index (χ3v) is 2.29. The van der Waals surface area contributed by atoms with E-state index in [2.05, 4.69) is 17.5 Å². The average molecular weight is 139 g/mol. The van der Waals surface area contributed by atoms with E-state index in [-0.39, 0.29) is 0 Å². The van der Waals surface area contributed by atoms with Crippen molar-refractivity contribution in [2.45, 2.75) is 12.5 Å². The van der Waals surface area contributed by atoms with Gasteiger partial charge in [-0.05, 0) is 6.42 Å². The molecule has 2 nitrogen and oxygen atoms in total. The van der Waals surface area contributed by atoms with Crippen molar-refractivity contribution in [3.05, 3.63) is 12.2 Å². The minimum atomic E-state index is 0.481. The largest absolute Gasteiger partial charge is 0.372 e. The molecule has 0 aliphatic carbocycles. The second-order valence-corrected chi connectivity index (χ2v) is 3.00. The van der Waals surface area contributed by atoms with E-state index in [0.29, 0.717) is 6.10 Å². The highest BCUT2D eigenvalue weighted by Gasteiger charge is 2.27. The van der Waals surface area contributed by atoms with Gasteiger partial charge in [0.25, 0.3) is 0 Å². The molecule has 2 rings (SSSR count). The normalized spacial score (nSPS) is 39.2. The molecule has 10 heavy (non-hydrogen) atoms. The first-order valence-corrected chi connectivity index (χ1v) is 3.94. The SMILES string of the molecule is C1=CC[C@H]2CNC[C@@H]2OC1. The molecule has 2 aliphatic rings. The van der Waals surface area contributed by atoms with E-state index < -0.39 is 0 Å². The summed E-state index contributed by atoms with van der Waals surface area (Å²) in [5.74, 6) is 0.735. The fraction of sp³-hybridized carbons (Fsp3) is 0.750. The predicted octanol–water partition coefficient (Wildman–Crippen LogP) is 0.551. The van der Waals surface area contributed by atoms with Gasteiger partial charge in [-0.15, -0.1) is 0 Å². The first-order chi connectivity index (χ1) is 4.97. The van der Waals surface area contributed by atoms with Crippen LogP contribution in [0, 0.1) is 5.92 Å².